The molecule has 1 nitrogen and oxygen atoms in total. The smallest absolute Gasteiger partial charge is 0.0899 e. The molecule has 2 rings (SSSR count). The molecule has 0 spiro atoms. The van der Waals surface area contributed by atoms with E-state index in [4.69, 9.17) is 0 Å². The fraction of sp³-hybridized carbons (Fsp3) is 0.538. The summed E-state index contributed by atoms with van der Waals surface area (Å²) in [6.45, 7) is 6.61. The Kier molecular flexibility index (Phi) is 1.97. The van der Waals surface area contributed by atoms with Crippen LogP contribution in [0.5, 0.6) is 0 Å². The topological polar surface area (TPSA) is 20.2 Å². The SMILES string of the molecule is CC(C)(C)c1ccc(C2(O)CC2)cc1. The van der Waals surface area contributed by atoms with Gasteiger partial charge in [-0.25, -0.2) is 0 Å². The first-order valence-electron chi connectivity index (χ1n) is 5.25. The van der Waals surface area contributed by atoms with E-state index in [-0.39, 0.29) is 5.41 Å². The molecule has 0 bridgehead atoms. The zero-order chi connectivity index (χ0) is 10.4. The Morgan fingerprint density at radius 2 is 1.57 bits per heavy atom. The molecule has 76 valence electrons. The molecule has 1 N–H and O–H groups in total. The maximum atomic E-state index is 9.89. The van der Waals surface area contributed by atoms with Gasteiger partial charge in [0, 0.05) is 0 Å². The van der Waals surface area contributed by atoms with E-state index < -0.39 is 5.60 Å². The van der Waals surface area contributed by atoms with Crippen molar-refractivity contribution in [3.8, 4) is 0 Å². The molecule has 1 aliphatic carbocycles. The van der Waals surface area contributed by atoms with Gasteiger partial charge < -0.3 is 5.11 Å². The zero-order valence-corrected chi connectivity index (χ0v) is 9.17. The molecule has 0 unspecified atom stereocenters. The number of benzene rings is 1. The van der Waals surface area contributed by atoms with Crippen molar-refractivity contribution in [3.05, 3.63) is 35.4 Å². The van der Waals surface area contributed by atoms with Crippen LogP contribution in [0.3, 0.4) is 0 Å². The molecule has 1 heteroatoms. The summed E-state index contributed by atoms with van der Waals surface area (Å²) in [5.74, 6) is 0. The van der Waals surface area contributed by atoms with Crippen LogP contribution < -0.4 is 0 Å². The van der Waals surface area contributed by atoms with Crippen molar-refractivity contribution < 1.29 is 5.11 Å². The Bertz CT molecular complexity index is 301. The highest BCUT2D eigenvalue weighted by Crippen LogP contribution is 2.45. The van der Waals surface area contributed by atoms with Crippen LogP contribution in [0, 0.1) is 0 Å². The number of aliphatic hydroxyl groups is 1. The third kappa shape index (κ3) is 1.69. The van der Waals surface area contributed by atoms with Gasteiger partial charge in [-0.3, -0.25) is 0 Å². The van der Waals surface area contributed by atoms with Crippen LogP contribution in [0.25, 0.3) is 0 Å². The number of hydrogen-bond donors (Lipinski definition) is 1. The molecule has 1 aromatic carbocycles. The molecule has 1 fully saturated rings. The Hall–Kier alpha value is -0.820. The monoisotopic (exact) mass is 190 g/mol. The summed E-state index contributed by atoms with van der Waals surface area (Å²) in [7, 11) is 0. The van der Waals surface area contributed by atoms with E-state index in [1.165, 1.54) is 5.56 Å². The van der Waals surface area contributed by atoms with Gasteiger partial charge in [0.15, 0.2) is 0 Å². The first kappa shape index (κ1) is 9.72. The second-order valence-electron chi connectivity index (χ2n) is 5.36. The predicted octanol–water partition coefficient (Wildman–Crippen LogP) is 2.97. The second-order valence-corrected chi connectivity index (χ2v) is 5.36. The Balaban J connectivity index is 2.27. The van der Waals surface area contributed by atoms with Crippen molar-refractivity contribution in [1.82, 2.24) is 0 Å². The average Bonchev–Trinajstić information content (AvgIpc) is 2.84. The average molecular weight is 190 g/mol. The van der Waals surface area contributed by atoms with Crippen molar-refractivity contribution >= 4 is 0 Å². The number of hydrogen-bond acceptors (Lipinski definition) is 1. The van der Waals surface area contributed by atoms with Crippen LogP contribution in [-0.4, -0.2) is 5.11 Å². The van der Waals surface area contributed by atoms with E-state index in [1.807, 2.05) is 0 Å². The summed E-state index contributed by atoms with van der Waals surface area (Å²) in [6, 6.07) is 8.39. The fourth-order valence-electron chi connectivity index (χ4n) is 1.69. The minimum atomic E-state index is -0.490. The van der Waals surface area contributed by atoms with Crippen LogP contribution in [0.15, 0.2) is 24.3 Å². The lowest BCUT2D eigenvalue weighted by Gasteiger charge is -2.19. The van der Waals surface area contributed by atoms with Crippen LogP contribution in [0.4, 0.5) is 0 Å². The molecule has 0 atom stereocenters. The quantitative estimate of drug-likeness (QED) is 0.721. The summed E-state index contributed by atoms with van der Waals surface area (Å²) < 4.78 is 0. The Labute approximate surface area is 85.8 Å². The molecule has 0 saturated heterocycles. The first-order valence-corrected chi connectivity index (χ1v) is 5.25. The largest absolute Gasteiger partial charge is 0.385 e. The lowest BCUT2D eigenvalue weighted by molar-refractivity contribution is 0.151. The van der Waals surface area contributed by atoms with E-state index >= 15 is 0 Å². The minimum Gasteiger partial charge on any atom is -0.385 e. The molecule has 0 heterocycles. The normalized spacial score (nSPS) is 19.4. The van der Waals surface area contributed by atoms with Gasteiger partial charge in [0.2, 0.25) is 0 Å². The summed E-state index contributed by atoms with van der Waals surface area (Å²) in [5, 5.41) is 9.89. The van der Waals surface area contributed by atoms with Gasteiger partial charge >= 0.3 is 0 Å². The van der Waals surface area contributed by atoms with Gasteiger partial charge in [0.25, 0.3) is 0 Å². The van der Waals surface area contributed by atoms with Crippen molar-refractivity contribution in [1.29, 1.82) is 0 Å². The lowest BCUT2D eigenvalue weighted by Crippen LogP contribution is -2.12. The van der Waals surface area contributed by atoms with Crippen molar-refractivity contribution in [2.75, 3.05) is 0 Å². The van der Waals surface area contributed by atoms with Gasteiger partial charge in [0.05, 0.1) is 5.60 Å². The molecular weight excluding hydrogens is 172 g/mol. The lowest BCUT2D eigenvalue weighted by atomic mass is 9.86. The molecule has 0 aromatic heterocycles. The van der Waals surface area contributed by atoms with Gasteiger partial charge in [-0.2, -0.15) is 0 Å². The summed E-state index contributed by atoms with van der Waals surface area (Å²) in [6.07, 6.45) is 1.84. The summed E-state index contributed by atoms with van der Waals surface area (Å²) >= 11 is 0. The van der Waals surface area contributed by atoms with E-state index in [0.29, 0.717) is 0 Å². The molecule has 14 heavy (non-hydrogen) atoms. The molecule has 0 aliphatic heterocycles. The van der Waals surface area contributed by atoms with Crippen molar-refractivity contribution in [3.63, 3.8) is 0 Å². The molecule has 0 amide bonds. The zero-order valence-electron chi connectivity index (χ0n) is 9.17. The van der Waals surface area contributed by atoms with Crippen molar-refractivity contribution in [2.24, 2.45) is 0 Å². The highest BCUT2D eigenvalue weighted by molar-refractivity contribution is 5.33. The third-order valence-electron chi connectivity index (χ3n) is 3.01. The summed E-state index contributed by atoms with van der Waals surface area (Å²) in [5.41, 5.74) is 2.11. The van der Waals surface area contributed by atoms with E-state index in [9.17, 15) is 5.11 Å². The van der Waals surface area contributed by atoms with Crippen LogP contribution in [0.2, 0.25) is 0 Å². The predicted molar refractivity (Wildman–Crippen MR) is 58.3 cm³/mol. The van der Waals surface area contributed by atoms with Crippen LogP contribution in [0.1, 0.15) is 44.7 Å². The van der Waals surface area contributed by atoms with Gasteiger partial charge in [-0.05, 0) is 29.4 Å². The minimum absolute atomic E-state index is 0.199. The van der Waals surface area contributed by atoms with E-state index in [2.05, 4.69) is 45.0 Å². The first-order chi connectivity index (χ1) is 6.42. The van der Waals surface area contributed by atoms with Crippen LogP contribution in [-0.2, 0) is 11.0 Å². The van der Waals surface area contributed by atoms with Gasteiger partial charge in [-0.1, -0.05) is 45.0 Å². The number of rotatable bonds is 1. The molecule has 0 radical (unpaired) electrons. The molecule has 1 aliphatic rings. The third-order valence-corrected chi connectivity index (χ3v) is 3.01. The highest BCUT2D eigenvalue weighted by Gasteiger charge is 2.41. The Morgan fingerprint density at radius 3 is 1.93 bits per heavy atom. The second kappa shape index (κ2) is 2.83. The standard InChI is InChI=1S/C13H18O/c1-12(2,3)10-4-6-11(7-5-10)13(14)8-9-13/h4-7,14H,8-9H2,1-3H3. The maximum absolute atomic E-state index is 9.89. The maximum Gasteiger partial charge on any atom is 0.0899 e. The molecule has 1 aromatic rings. The Morgan fingerprint density at radius 1 is 1.07 bits per heavy atom. The summed E-state index contributed by atoms with van der Waals surface area (Å²) in [4.78, 5) is 0. The highest BCUT2D eigenvalue weighted by atomic mass is 16.3. The molecular formula is C13H18O. The van der Waals surface area contributed by atoms with Gasteiger partial charge in [0.1, 0.15) is 0 Å². The van der Waals surface area contributed by atoms with E-state index in [1.54, 1.807) is 0 Å². The molecule has 1 saturated carbocycles. The fourth-order valence-corrected chi connectivity index (χ4v) is 1.69. The van der Waals surface area contributed by atoms with E-state index in [0.717, 1.165) is 18.4 Å². The van der Waals surface area contributed by atoms with Crippen LogP contribution >= 0.6 is 0 Å². The van der Waals surface area contributed by atoms with Gasteiger partial charge in [-0.15, -0.1) is 0 Å². The van der Waals surface area contributed by atoms with Crippen molar-refractivity contribution in [2.45, 2.75) is 44.6 Å².